The topological polar surface area (TPSA) is 87.5 Å². The normalized spacial score (nSPS) is 8.79. The molecular formula is C8H11NO4S. The lowest BCUT2D eigenvalue weighted by Crippen LogP contribution is -2.05. The summed E-state index contributed by atoms with van der Waals surface area (Å²) in [6.45, 7) is 5.56. The first-order chi connectivity index (χ1) is 6.52. The second-order valence-electron chi connectivity index (χ2n) is 2.02. The first-order valence-electron chi connectivity index (χ1n) is 3.96. The van der Waals surface area contributed by atoms with Crippen LogP contribution in [0.5, 0.6) is 0 Å². The lowest BCUT2D eigenvalue weighted by atomic mass is 10.4. The molecule has 0 aromatic carbocycles. The summed E-state index contributed by atoms with van der Waals surface area (Å²) < 4.78 is 0. The second kappa shape index (κ2) is 5.33. The van der Waals surface area contributed by atoms with E-state index in [1.807, 2.05) is 13.8 Å². The number of hydrogen-bond acceptors (Lipinski definition) is 4. The van der Waals surface area contributed by atoms with Crippen LogP contribution in [0.15, 0.2) is 0 Å². The van der Waals surface area contributed by atoms with Crippen LogP contribution < -0.4 is 0 Å². The molecule has 0 atom stereocenters. The molecule has 78 valence electrons. The van der Waals surface area contributed by atoms with E-state index in [-0.39, 0.29) is 10.6 Å². The zero-order chi connectivity index (χ0) is 11.3. The molecule has 0 radical (unpaired) electrons. The fourth-order valence-corrected chi connectivity index (χ4v) is 1.47. The largest absolute Gasteiger partial charge is 0.477 e. The van der Waals surface area contributed by atoms with Crippen molar-refractivity contribution in [3.63, 3.8) is 0 Å². The number of carboxylic acids is 2. The Kier molecular flexibility index (Phi) is 4.79. The van der Waals surface area contributed by atoms with Crippen molar-refractivity contribution >= 4 is 23.3 Å². The molecule has 0 aliphatic rings. The highest BCUT2D eigenvalue weighted by atomic mass is 32.1. The lowest BCUT2D eigenvalue weighted by Gasteiger charge is -1.88. The fourth-order valence-electron chi connectivity index (χ4n) is 0.717. The molecule has 1 heterocycles. The quantitative estimate of drug-likeness (QED) is 0.789. The molecule has 0 unspecified atom stereocenters. The number of carbonyl (C=O) groups is 2. The van der Waals surface area contributed by atoms with Crippen LogP contribution in [0, 0.1) is 6.92 Å². The zero-order valence-corrected chi connectivity index (χ0v) is 8.88. The maximum atomic E-state index is 10.4. The predicted octanol–water partition coefficient (Wildman–Crippen LogP) is 1.87. The number of aryl methyl sites for hydroxylation is 1. The third-order valence-electron chi connectivity index (χ3n) is 1.13. The van der Waals surface area contributed by atoms with Gasteiger partial charge in [0.05, 0.1) is 5.01 Å². The van der Waals surface area contributed by atoms with Gasteiger partial charge in [0.2, 0.25) is 0 Å². The van der Waals surface area contributed by atoms with Gasteiger partial charge in [-0.05, 0) is 6.92 Å². The van der Waals surface area contributed by atoms with Crippen molar-refractivity contribution in [2.24, 2.45) is 0 Å². The Bertz CT molecular complexity index is 314. The third-order valence-corrected chi connectivity index (χ3v) is 2.09. The van der Waals surface area contributed by atoms with Gasteiger partial charge in [-0.15, -0.1) is 11.3 Å². The van der Waals surface area contributed by atoms with Crippen molar-refractivity contribution in [3.8, 4) is 0 Å². The summed E-state index contributed by atoms with van der Waals surface area (Å²) in [5, 5.41) is 17.5. The van der Waals surface area contributed by atoms with Crippen molar-refractivity contribution in [2.45, 2.75) is 20.8 Å². The van der Waals surface area contributed by atoms with Gasteiger partial charge in [-0.3, -0.25) is 0 Å². The van der Waals surface area contributed by atoms with Crippen molar-refractivity contribution in [2.75, 3.05) is 0 Å². The molecule has 1 aromatic rings. The molecule has 0 aliphatic heterocycles. The summed E-state index contributed by atoms with van der Waals surface area (Å²) in [4.78, 5) is 24.2. The van der Waals surface area contributed by atoms with Crippen LogP contribution in [0.1, 0.15) is 39.0 Å². The molecule has 0 spiro atoms. The van der Waals surface area contributed by atoms with Crippen LogP contribution in [0.25, 0.3) is 0 Å². The van der Waals surface area contributed by atoms with E-state index in [0.717, 1.165) is 11.3 Å². The molecule has 2 N–H and O–H groups in total. The Hall–Kier alpha value is -1.43. The lowest BCUT2D eigenvalue weighted by molar-refractivity contribution is 0.0651. The van der Waals surface area contributed by atoms with E-state index in [1.165, 1.54) is 0 Å². The van der Waals surface area contributed by atoms with E-state index in [9.17, 15) is 9.59 Å². The zero-order valence-electron chi connectivity index (χ0n) is 8.07. The summed E-state index contributed by atoms with van der Waals surface area (Å²) in [5.41, 5.74) is -0.384. The summed E-state index contributed by atoms with van der Waals surface area (Å²) >= 11 is 0.859. The summed E-state index contributed by atoms with van der Waals surface area (Å²) in [6.07, 6.45) is 0. The number of carboxylic acid groups (broad SMARTS) is 2. The maximum Gasteiger partial charge on any atom is 0.356 e. The van der Waals surface area contributed by atoms with Gasteiger partial charge in [-0.25, -0.2) is 14.6 Å². The number of rotatable bonds is 2. The van der Waals surface area contributed by atoms with Gasteiger partial charge >= 0.3 is 11.9 Å². The minimum Gasteiger partial charge on any atom is -0.477 e. The molecule has 0 aliphatic carbocycles. The summed E-state index contributed by atoms with van der Waals surface area (Å²) in [7, 11) is 0. The molecule has 0 saturated carbocycles. The number of aromatic nitrogens is 1. The van der Waals surface area contributed by atoms with Crippen molar-refractivity contribution in [1.29, 1.82) is 0 Å². The van der Waals surface area contributed by atoms with Gasteiger partial charge in [0.1, 0.15) is 4.88 Å². The summed E-state index contributed by atoms with van der Waals surface area (Å²) in [6, 6.07) is 0. The van der Waals surface area contributed by atoms with Crippen LogP contribution in [0.4, 0.5) is 0 Å². The molecule has 14 heavy (non-hydrogen) atoms. The maximum absolute atomic E-state index is 10.4. The van der Waals surface area contributed by atoms with Gasteiger partial charge < -0.3 is 10.2 Å². The van der Waals surface area contributed by atoms with Gasteiger partial charge in [-0.1, -0.05) is 13.8 Å². The Morgan fingerprint density at radius 3 is 2.00 bits per heavy atom. The molecule has 1 rings (SSSR count). The Labute approximate surface area is 85.0 Å². The first-order valence-corrected chi connectivity index (χ1v) is 4.78. The number of aromatic carboxylic acids is 2. The predicted molar refractivity (Wildman–Crippen MR) is 52.1 cm³/mol. The molecular weight excluding hydrogens is 206 g/mol. The monoisotopic (exact) mass is 217 g/mol. The first kappa shape index (κ1) is 12.6. The number of hydrogen-bond donors (Lipinski definition) is 2. The Morgan fingerprint density at radius 1 is 1.21 bits per heavy atom. The van der Waals surface area contributed by atoms with Crippen LogP contribution in [0.2, 0.25) is 0 Å². The average molecular weight is 217 g/mol. The molecule has 6 heteroatoms. The van der Waals surface area contributed by atoms with Crippen LogP contribution in [-0.4, -0.2) is 27.1 Å². The molecule has 0 bridgehead atoms. The fraction of sp³-hybridized carbons (Fsp3) is 0.375. The molecule has 1 aromatic heterocycles. The van der Waals surface area contributed by atoms with Crippen LogP contribution >= 0.6 is 11.3 Å². The standard InChI is InChI=1S/C6H5NO4S.C2H6/c1-2-7-3(5(8)9)4(12-2)6(10)11;1-2/h1H3,(H,8,9)(H,10,11);1-2H3. The molecule has 0 fully saturated rings. The van der Waals surface area contributed by atoms with Gasteiger partial charge in [0, 0.05) is 0 Å². The number of thiazole rings is 1. The smallest absolute Gasteiger partial charge is 0.356 e. The third kappa shape index (κ3) is 2.81. The van der Waals surface area contributed by atoms with E-state index in [4.69, 9.17) is 10.2 Å². The van der Waals surface area contributed by atoms with E-state index in [2.05, 4.69) is 4.98 Å². The molecule has 0 amide bonds. The van der Waals surface area contributed by atoms with Crippen LogP contribution in [0.3, 0.4) is 0 Å². The highest BCUT2D eigenvalue weighted by Crippen LogP contribution is 2.17. The Balaban J connectivity index is 0.000000791. The molecule has 5 nitrogen and oxygen atoms in total. The van der Waals surface area contributed by atoms with Gasteiger partial charge in [-0.2, -0.15) is 0 Å². The van der Waals surface area contributed by atoms with Crippen LogP contribution in [-0.2, 0) is 0 Å². The highest BCUT2D eigenvalue weighted by Gasteiger charge is 2.20. The second-order valence-corrected chi connectivity index (χ2v) is 3.22. The number of nitrogens with zero attached hydrogens (tertiary/aromatic N) is 1. The summed E-state index contributed by atoms with van der Waals surface area (Å²) in [5.74, 6) is -2.56. The van der Waals surface area contributed by atoms with E-state index >= 15 is 0 Å². The highest BCUT2D eigenvalue weighted by molar-refractivity contribution is 7.13. The minimum atomic E-state index is -1.31. The van der Waals surface area contributed by atoms with Gasteiger partial charge in [0.25, 0.3) is 0 Å². The van der Waals surface area contributed by atoms with E-state index in [1.54, 1.807) is 6.92 Å². The average Bonchev–Trinajstić information content (AvgIpc) is 2.51. The van der Waals surface area contributed by atoms with E-state index in [0.29, 0.717) is 5.01 Å². The van der Waals surface area contributed by atoms with Crippen molar-refractivity contribution in [1.82, 2.24) is 4.98 Å². The van der Waals surface area contributed by atoms with Crippen molar-refractivity contribution in [3.05, 3.63) is 15.6 Å². The van der Waals surface area contributed by atoms with E-state index < -0.39 is 11.9 Å². The van der Waals surface area contributed by atoms with Crippen molar-refractivity contribution < 1.29 is 19.8 Å². The minimum absolute atomic E-state index is 0.222. The Morgan fingerprint density at radius 2 is 1.71 bits per heavy atom. The molecule has 0 saturated heterocycles. The van der Waals surface area contributed by atoms with Gasteiger partial charge in [0.15, 0.2) is 5.69 Å². The SMILES string of the molecule is CC.Cc1nc(C(=O)O)c(C(=O)O)s1.